The standard InChI is InChI=1S/C53H101NO3/c1-3-5-7-9-11-13-15-17-19-21-23-28-32-36-40-44-48-52(56)50-54-53(57)49-45-41-37-33-29-25-24-27-31-35-39-43-47-51(55)46-42-38-34-30-26-22-20-18-16-14-12-10-8-6-4-2/h12,14,18,20,52,56H,3-11,13,15-17,19,21-50H2,1-2H3,(H,54,57)/b14-12-,20-18-/t52-/m0/s1. The van der Waals surface area contributed by atoms with Crippen molar-refractivity contribution in [1.82, 2.24) is 5.32 Å². The van der Waals surface area contributed by atoms with E-state index in [2.05, 4.69) is 43.5 Å². The topological polar surface area (TPSA) is 66.4 Å². The monoisotopic (exact) mass is 800 g/mol. The van der Waals surface area contributed by atoms with Gasteiger partial charge < -0.3 is 10.4 Å². The van der Waals surface area contributed by atoms with Gasteiger partial charge in [0.2, 0.25) is 5.91 Å². The number of allylic oxidation sites excluding steroid dienone is 4. The molecule has 1 atom stereocenters. The molecule has 0 spiro atoms. The summed E-state index contributed by atoms with van der Waals surface area (Å²) in [5.74, 6) is 0.582. The number of ketones is 1. The smallest absolute Gasteiger partial charge is 0.220 e. The number of hydrogen-bond acceptors (Lipinski definition) is 3. The predicted octanol–water partition coefficient (Wildman–Crippen LogP) is 17.0. The Balaban J connectivity index is 3.32. The lowest BCUT2D eigenvalue weighted by Crippen LogP contribution is -2.31. The Morgan fingerprint density at radius 1 is 0.404 bits per heavy atom. The van der Waals surface area contributed by atoms with E-state index in [1.54, 1.807) is 0 Å². The van der Waals surface area contributed by atoms with E-state index in [4.69, 9.17) is 0 Å². The molecular formula is C53H101NO3. The van der Waals surface area contributed by atoms with Crippen LogP contribution in [0.4, 0.5) is 0 Å². The van der Waals surface area contributed by atoms with Crippen LogP contribution in [0.2, 0.25) is 0 Å². The summed E-state index contributed by atoms with van der Waals surface area (Å²) in [6, 6.07) is 0. The normalized spacial score (nSPS) is 12.3. The van der Waals surface area contributed by atoms with Crippen molar-refractivity contribution in [2.24, 2.45) is 0 Å². The molecule has 2 N–H and O–H groups in total. The van der Waals surface area contributed by atoms with Gasteiger partial charge in [-0.1, -0.05) is 237 Å². The van der Waals surface area contributed by atoms with Crippen molar-refractivity contribution in [1.29, 1.82) is 0 Å². The average molecular weight is 800 g/mol. The first-order valence-electron chi connectivity index (χ1n) is 25.9. The number of aliphatic hydroxyl groups is 1. The maximum absolute atomic E-state index is 12.2. The Bertz CT molecular complexity index is 866. The first-order chi connectivity index (χ1) is 28.1. The minimum atomic E-state index is -0.402. The largest absolute Gasteiger partial charge is 0.391 e. The van der Waals surface area contributed by atoms with Crippen LogP contribution in [-0.4, -0.2) is 29.4 Å². The lowest BCUT2D eigenvalue weighted by molar-refractivity contribution is -0.121. The molecule has 57 heavy (non-hydrogen) atoms. The summed E-state index contributed by atoms with van der Waals surface area (Å²) in [4.78, 5) is 24.4. The molecule has 0 aliphatic carbocycles. The molecule has 0 aliphatic heterocycles. The lowest BCUT2D eigenvalue weighted by atomic mass is 10.0. The van der Waals surface area contributed by atoms with Gasteiger partial charge in [0.1, 0.15) is 5.78 Å². The molecule has 0 heterocycles. The number of carbonyl (C=O) groups is 2. The highest BCUT2D eigenvalue weighted by atomic mass is 16.3. The molecule has 0 aliphatic rings. The number of amides is 1. The minimum absolute atomic E-state index is 0.0994. The Kier molecular flexibility index (Phi) is 47.7. The number of unbranched alkanes of at least 4 members (excludes halogenated alkanes) is 34. The predicted molar refractivity (Wildman–Crippen MR) is 252 cm³/mol. The van der Waals surface area contributed by atoms with Gasteiger partial charge in [-0.25, -0.2) is 0 Å². The first kappa shape index (κ1) is 55.6. The molecule has 0 unspecified atom stereocenters. The highest BCUT2D eigenvalue weighted by molar-refractivity contribution is 5.78. The number of carbonyl (C=O) groups excluding carboxylic acids is 2. The molecule has 0 aromatic carbocycles. The molecular weight excluding hydrogens is 699 g/mol. The number of Topliss-reactive ketones (excluding diaryl/α,β-unsaturated/α-hetero) is 1. The van der Waals surface area contributed by atoms with E-state index in [1.807, 2.05) is 0 Å². The third-order valence-electron chi connectivity index (χ3n) is 11.9. The van der Waals surface area contributed by atoms with Gasteiger partial charge in [0, 0.05) is 25.8 Å². The van der Waals surface area contributed by atoms with E-state index >= 15 is 0 Å². The first-order valence-corrected chi connectivity index (χ1v) is 25.9. The van der Waals surface area contributed by atoms with Gasteiger partial charge in [-0.3, -0.25) is 9.59 Å². The zero-order valence-corrected chi connectivity index (χ0v) is 38.8. The van der Waals surface area contributed by atoms with E-state index in [0.29, 0.717) is 18.7 Å². The fraction of sp³-hybridized carbons (Fsp3) is 0.887. The zero-order valence-electron chi connectivity index (χ0n) is 38.8. The van der Waals surface area contributed by atoms with Crippen molar-refractivity contribution in [2.45, 2.75) is 296 Å². The molecule has 4 nitrogen and oxygen atoms in total. The van der Waals surface area contributed by atoms with Crippen molar-refractivity contribution >= 4 is 11.7 Å². The Morgan fingerprint density at radius 2 is 0.719 bits per heavy atom. The van der Waals surface area contributed by atoms with Gasteiger partial charge in [0.25, 0.3) is 0 Å². The Morgan fingerprint density at radius 3 is 1.14 bits per heavy atom. The number of aliphatic hydroxyl groups excluding tert-OH is 1. The molecule has 0 fully saturated rings. The van der Waals surface area contributed by atoms with Crippen LogP contribution < -0.4 is 5.32 Å². The van der Waals surface area contributed by atoms with Gasteiger partial charge >= 0.3 is 0 Å². The summed E-state index contributed by atoms with van der Waals surface area (Å²) < 4.78 is 0. The zero-order chi connectivity index (χ0) is 41.4. The average Bonchev–Trinajstić information content (AvgIpc) is 3.21. The summed E-state index contributed by atoms with van der Waals surface area (Å²) in [6.45, 7) is 4.95. The summed E-state index contributed by atoms with van der Waals surface area (Å²) in [6.07, 6.45) is 62.0. The molecule has 0 saturated carbocycles. The molecule has 0 rings (SSSR count). The Hall–Kier alpha value is -1.42. The van der Waals surface area contributed by atoms with Crippen LogP contribution in [0.25, 0.3) is 0 Å². The van der Waals surface area contributed by atoms with Crippen LogP contribution in [0.3, 0.4) is 0 Å². The van der Waals surface area contributed by atoms with E-state index in [-0.39, 0.29) is 5.91 Å². The Labute approximate surface area is 357 Å². The maximum Gasteiger partial charge on any atom is 0.220 e. The summed E-state index contributed by atoms with van der Waals surface area (Å²) in [7, 11) is 0. The molecule has 0 aromatic rings. The van der Waals surface area contributed by atoms with Gasteiger partial charge in [-0.15, -0.1) is 0 Å². The highest BCUT2D eigenvalue weighted by Gasteiger charge is 2.07. The third-order valence-corrected chi connectivity index (χ3v) is 11.9. The molecule has 1 amide bonds. The summed E-state index contributed by atoms with van der Waals surface area (Å²) in [5.41, 5.74) is 0. The molecule has 0 aromatic heterocycles. The van der Waals surface area contributed by atoms with Crippen molar-refractivity contribution in [3.8, 4) is 0 Å². The van der Waals surface area contributed by atoms with E-state index in [0.717, 1.165) is 57.8 Å². The molecule has 0 saturated heterocycles. The van der Waals surface area contributed by atoms with Crippen LogP contribution in [0, 0.1) is 0 Å². The third kappa shape index (κ3) is 48.8. The van der Waals surface area contributed by atoms with E-state index in [9.17, 15) is 14.7 Å². The second-order valence-corrected chi connectivity index (χ2v) is 17.8. The fourth-order valence-electron chi connectivity index (χ4n) is 7.98. The molecule has 4 heteroatoms. The van der Waals surface area contributed by atoms with Gasteiger partial charge in [0.05, 0.1) is 6.10 Å². The van der Waals surface area contributed by atoms with E-state index < -0.39 is 6.10 Å². The van der Waals surface area contributed by atoms with Crippen molar-refractivity contribution in [3.05, 3.63) is 24.3 Å². The van der Waals surface area contributed by atoms with E-state index in [1.165, 1.54) is 212 Å². The fourth-order valence-corrected chi connectivity index (χ4v) is 7.98. The number of nitrogens with one attached hydrogen (secondary N) is 1. The van der Waals surface area contributed by atoms with Crippen LogP contribution in [0.1, 0.15) is 290 Å². The van der Waals surface area contributed by atoms with Crippen molar-refractivity contribution < 1.29 is 14.7 Å². The lowest BCUT2D eigenvalue weighted by Gasteiger charge is -2.12. The van der Waals surface area contributed by atoms with Crippen molar-refractivity contribution in [3.63, 3.8) is 0 Å². The minimum Gasteiger partial charge on any atom is -0.391 e. The van der Waals surface area contributed by atoms with Crippen LogP contribution in [-0.2, 0) is 9.59 Å². The van der Waals surface area contributed by atoms with Crippen LogP contribution >= 0.6 is 0 Å². The quantitative estimate of drug-likeness (QED) is 0.0476. The SMILES string of the molecule is CCCCC/C=C\C/C=C\CCCCCCCC(=O)CCCCCCCCCCCCCCC(=O)NC[C@@H](O)CCCCCCCCCCCCCCCCCC. The molecule has 0 radical (unpaired) electrons. The number of rotatable bonds is 48. The van der Waals surface area contributed by atoms with Crippen LogP contribution in [0.5, 0.6) is 0 Å². The molecule has 336 valence electrons. The van der Waals surface area contributed by atoms with Gasteiger partial charge in [-0.2, -0.15) is 0 Å². The molecule has 0 bridgehead atoms. The van der Waals surface area contributed by atoms with Crippen LogP contribution in [0.15, 0.2) is 24.3 Å². The maximum atomic E-state index is 12.2. The van der Waals surface area contributed by atoms with Gasteiger partial charge in [-0.05, 0) is 57.8 Å². The second kappa shape index (κ2) is 48.9. The summed E-state index contributed by atoms with van der Waals surface area (Å²) in [5, 5.41) is 13.2. The highest BCUT2D eigenvalue weighted by Crippen LogP contribution is 2.16. The second-order valence-electron chi connectivity index (χ2n) is 17.8. The summed E-state index contributed by atoms with van der Waals surface area (Å²) >= 11 is 0. The van der Waals surface area contributed by atoms with Crippen molar-refractivity contribution in [2.75, 3.05) is 6.54 Å². The number of hydrogen-bond donors (Lipinski definition) is 2. The van der Waals surface area contributed by atoms with Gasteiger partial charge in [0.15, 0.2) is 0 Å².